The first kappa shape index (κ1) is 20.2. The molecule has 0 saturated carbocycles. The van der Waals surface area contributed by atoms with Gasteiger partial charge in [-0.3, -0.25) is 4.79 Å². The first-order chi connectivity index (χ1) is 13.6. The molecule has 0 amide bonds. The summed E-state index contributed by atoms with van der Waals surface area (Å²) in [5, 5.41) is 12.0. The van der Waals surface area contributed by atoms with Crippen LogP contribution in [0.1, 0.15) is 21.5 Å². The van der Waals surface area contributed by atoms with E-state index in [0.717, 1.165) is 10.1 Å². The van der Waals surface area contributed by atoms with Gasteiger partial charge in [0.05, 0.1) is 20.8 Å². The summed E-state index contributed by atoms with van der Waals surface area (Å²) < 4.78 is 11.3. The van der Waals surface area contributed by atoms with E-state index in [1.165, 1.54) is 22.5 Å². The minimum absolute atomic E-state index is 0.0646. The first-order valence-electron chi connectivity index (χ1n) is 8.60. The SMILES string of the molecule is COc1ccc(C(=O)CNc2nnc(SCc3ccccc3C)s2)cc1OC. The second-order valence-electron chi connectivity index (χ2n) is 5.93. The summed E-state index contributed by atoms with van der Waals surface area (Å²) in [6, 6.07) is 13.4. The molecular weight excluding hydrogens is 394 g/mol. The van der Waals surface area contributed by atoms with E-state index in [2.05, 4.69) is 34.6 Å². The summed E-state index contributed by atoms with van der Waals surface area (Å²) in [5.41, 5.74) is 3.09. The number of nitrogens with zero attached hydrogens (tertiary/aromatic N) is 2. The quantitative estimate of drug-likeness (QED) is 0.409. The third-order valence-electron chi connectivity index (χ3n) is 4.12. The Hall–Kier alpha value is -2.58. The van der Waals surface area contributed by atoms with Gasteiger partial charge in [-0.2, -0.15) is 0 Å². The average Bonchev–Trinajstić information content (AvgIpc) is 3.18. The summed E-state index contributed by atoms with van der Waals surface area (Å²) in [4.78, 5) is 12.4. The van der Waals surface area contributed by atoms with Crippen LogP contribution >= 0.6 is 23.1 Å². The number of aromatic nitrogens is 2. The van der Waals surface area contributed by atoms with E-state index < -0.39 is 0 Å². The number of methoxy groups -OCH3 is 2. The fourth-order valence-electron chi connectivity index (χ4n) is 2.52. The molecule has 2 aromatic carbocycles. The van der Waals surface area contributed by atoms with Crippen LogP contribution in [0.4, 0.5) is 5.13 Å². The number of anilines is 1. The summed E-state index contributed by atoms with van der Waals surface area (Å²) in [6.07, 6.45) is 0. The lowest BCUT2D eigenvalue weighted by Gasteiger charge is -2.09. The molecule has 3 rings (SSSR count). The van der Waals surface area contributed by atoms with Crippen molar-refractivity contribution in [1.29, 1.82) is 0 Å². The molecule has 28 heavy (non-hydrogen) atoms. The highest BCUT2D eigenvalue weighted by Crippen LogP contribution is 2.30. The summed E-state index contributed by atoms with van der Waals surface area (Å²) in [7, 11) is 3.10. The summed E-state index contributed by atoms with van der Waals surface area (Å²) in [5.74, 6) is 1.89. The molecule has 0 saturated heterocycles. The van der Waals surface area contributed by atoms with Gasteiger partial charge >= 0.3 is 0 Å². The third-order valence-corrected chi connectivity index (χ3v) is 6.19. The highest BCUT2D eigenvalue weighted by molar-refractivity contribution is 8.00. The van der Waals surface area contributed by atoms with E-state index in [0.29, 0.717) is 22.2 Å². The van der Waals surface area contributed by atoms with E-state index in [4.69, 9.17) is 9.47 Å². The number of Topliss-reactive ketones (excluding diaryl/α,β-unsaturated/α-hetero) is 1. The van der Waals surface area contributed by atoms with Gasteiger partial charge in [0.15, 0.2) is 21.6 Å². The Balaban J connectivity index is 1.55. The summed E-state index contributed by atoms with van der Waals surface area (Å²) in [6.45, 7) is 2.23. The van der Waals surface area contributed by atoms with Crippen molar-refractivity contribution >= 4 is 34.0 Å². The second kappa shape index (κ2) is 9.57. The van der Waals surface area contributed by atoms with Crippen LogP contribution in [0.3, 0.4) is 0 Å². The Morgan fingerprint density at radius 2 is 1.89 bits per heavy atom. The van der Waals surface area contributed by atoms with E-state index in [-0.39, 0.29) is 12.3 Å². The van der Waals surface area contributed by atoms with E-state index in [9.17, 15) is 4.79 Å². The van der Waals surface area contributed by atoms with Crippen LogP contribution in [0.15, 0.2) is 46.8 Å². The van der Waals surface area contributed by atoms with E-state index >= 15 is 0 Å². The van der Waals surface area contributed by atoms with Gasteiger partial charge in [-0.1, -0.05) is 47.4 Å². The Morgan fingerprint density at radius 1 is 1.11 bits per heavy atom. The van der Waals surface area contributed by atoms with Gasteiger partial charge in [-0.15, -0.1) is 10.2 Å². The number of rotatable bonds is 9. The maximum Gasteiger partial charge on any atom is 0.206 e. The van der Waals surface area contributed by atoms with Gasteiger partial charge in [-0.25, -0.2) is 0 Å². The van der Waals surface area contributed by atoms with Crippen LogP contribution < -0.4 is 14.8 Å². The highest BCUT2D eigenvalue weighted by atomic mass is 32.2. The molecule has 0 bridgehead atoms. The van der Waals surface area contributed by atoms with Crippen LogP contribution in [0.5, 0.6) is 11.5 Å². The van der Waals surface area contributed by atoms with Crippen molar-refractivity contribution in [1.82, 2.24) is 10.2 Å². The maximum absolute atomic E-state index is 12.4. The second-order valence-corrected chi connectivity index (χ2v) is 8.13. The zero-order valence-electron chi connectivity index (χ0n) is 15.9. The van der Waals surface area contributed by atoms with Gasteiger partial charge < -0.3 is 14.8 Å². The number of benzene rings is 2. The number of thioether (sulfide) groups is 1. The monoisotopic (exact) mass is 415 g/mol. The molecule has 1 heterocycles. The number of carbonyl (C=O) groups is 1. The lowest BCUT2D eigenvalue weighted by atomic mass is 10.1. The van der Waals surface area contributed by atoms with Gasteiger partial charge in [0.1, 0.15) is 0 Å². The standard InChI is InChI=1S/C20H21N3O3S2/c1-13-6-4-5-7-15(13)12-27-20-23-22-19(28-20)21-11-16(24)14-8-9-17(25-2)18(10-14)26-3/h4-10H,11-12H2,1-3H3,(H,21,22). The minimum Gasteiger partial charge on any atom is -0.493 e. The van der Waals surface area contributed by atoms with Crippen LogP contribution in [0.25, 0.3) is 0 Å². The molecule has 0 spiro atoms. The molecule has 0 radical (unpaired) electrons. The normalized spacial score (nSPS) is 10.5. The van der Waals surface area contributed by atoms with Crippen LogP contribution in [0, 0.1) is 6.92 Å². The molecule has 1 N–H and O–H groups in total. The van der Waals surface area contributed by atoms with Crippen molar-refractivity contribution in [2.75, 3.05) is 26.1 Å². The maximum atomic E-state index is 12.4. The molecule has 0 aliphatic rings. The topological polar surface area (TPSA) is 73.3 Å². The summed E-state index contributed by atoms with van der Waals surface area (Å²) >= 11 is 3.08. The van der Waals surface area contributed by atoms with Crippen molar-refractivity contribution < 1.29 is 14.3 Å². The number of nitrogens with one attached hydrogen (secondary N) is 1. The zero-order valence-corrected chi connectivity index (χ0v) is 17.5. The number of ketones is 1. The van der Waals surface area contributed by atoms with Crippen LogP contribution in [-0.4, -0.2) is 36.7 Å². The third kappa shape index (κ3) is 5.02. The fourth-order valence-corrected chi connectivity index (χ4v) is 4.34. The largest absolute Gasteiger partial charge is 0.493 e. The molecule has 0 fully saturated rings. The lowest BCUT2D eigenvalue weighted by Crippen LogP contribution is -2.14. The van der Waals surface area contributed by atoms with Crippen molar-refractivity contribution in [2.24, 2.45) is 0 Å². The number of hydrogen-bond acceptors (Lipinski definition) is 8. The van der Waals surface area contributed by atoms with E-state index in [1.807, 2.05) is 12.1 Å². The van der Waals surface area contributed by atoms with Gasteiger partial charge in [-0.05, 0) is 36.2 Å². The number of ether oxygens (including phenoxy) is 2. The molecule has 1 aromatic heterocycles. The Labute approximate surface area is 172 Å². The molecular formula is C20H21N3O3S2. The van der Waals surface area contributed by atoms with Crippen molar-refractivity contribution in [3.05, 3.63) is 59.2 Å². The molecule has 0 unspecified atom stereocenters. The smallest absolute Gasteiger partial charge is 0.206 e. The van der Waals surface area contributed by atoms with Gasteiger partial charge in [0.25, 0.3) is 0 Å². The zero-order chi connectivity index (χ0) is 19.9. The Kier molecular flexibility index (Phi) is 6.89. The molecule has 146 valence electrons. The molecule has 3 aromatic rings. The first-order valence-corrected chi connectivity index (χ1v) is 10.4. The average molecular weight is 416 g/mol. The predicted molar refractivity (Wildman–Crippen MR) is 113 cm³/mol. The molecule has 0 aliphatic heterocycles. The van der Waals surface area contributed by atoms with Crippen LogP contribution in [-0.2, 0) is 5.75 Å². The molecule has 6 nitrogen and oxygen atoms in total. The van der Waals surface area contributed by atoms with E-state index in [1.54, 1.807) is 44.2 Å². The Bertz CT molecular complexity index is 959. The number of carbonyl (C=O) groups excluding carboxylic acids is 1. The molecule has 0 aliphatic carbocycles. The van der Waals surface area contributed by atoms with Crippen molar-refractivity contribution in [2.45, 2.75) is 17.0 Å². The van der Waals surface area contributed by atoms with Gasteiger partial charge in [0, 0.05) is 11.3 Å². The van der Waals surface area contributed by atoms with Crippen LogP contribution in [0.2, 0.25) is 0 Å². The highest BCUT2D eigenvalue weighted by Gasteiger charge is 2.12. The Morgan fingerprint density at radius 3 is 2.64 bits per heavy atom. The number of aryl methyl sites for hydroxylation is 1. The van der Waals surface area contributed by atoms with Gasteiger partial charge in [0.2, 0.25) is 5.13 Å². The van der Waals surface area contributed by atoms with Crippen molar-refractivity contribution in [3.8, 4) is 11.5 Å². The minimum atomic E-state index is -0.0646. The molecule has 8 heteroatoms. The predicted octanol–water partition coefficient (Wildman–Crippen LogP) is 4.45. The molecule has 0 atom stereocenters. The fraction of sp³-hybridized carbons (Fsp3) is 0.250. The lowest BCUT2D eigenvalue weighted by molar-refractivity contribution is 0.101. The number of hydrogen-bond donors (Lipinski definition) is 1. The van der Waals surface area contributed by atoms with Crippen molar-refractivity contribution in [3.63, 3.8) is 0 Å².